The summed E-state index contributed by atoms with van der Waals surface area (Å²) >= 11 is 0. The molecular formula is C8H12F3N3. The molecule has 0 bridgehead atoms. The van der Waals surface area contributed by atoms with Crippen LogP contribution in [0.4, 0.5) is 13.2 Å². The molecule has 1 aromatic heterocycles. The van der Waals surface area contributed by atoms with Crippen molar-refractivity contribution < 1.29 is 13.2 Å². The third kappa shape index (κ3) is 3.78. The monoisotopic (exact) mass is 207 g/mol. The van der Waals surface area contributed by atoms with Crippen LogP contribution in [0.15, 0.2) is 12.4 Å². The van der Waals surface area contributed by atoms with Gasteiger partial charge >= 0.3 is 6.18 Å². The smallest absolute Gasteiger partial charge is 0.313 e. The zero-order valence-corrected chi connectivity index (χ0v) is 7.80. The van der Waals surface area contributed by atoms with E-state index in [0.29, 0.717) is 6.54 Å². The maximum absolute atomic E-state index is 11.9. The molecule has 0 aliphatic carbocycles. The molecule has 0 aromatic carbocycles. The molecule has 1 heterocycles. The van der Waals surface area contributed by atoms with Crippen molar-refractivity contribution in [3.05, 3.63) is 18.0 Å². The molecule has 0 saturated carbocycles. The van der Waals surface area contributed by atoms with Gasteiger partial charge in [0.2, 0.25) is 0 Å². The normalized spacial score (nSPS) is 12.0. The van der Waals surface area contributed by atoms with Crippen molar-refractivity contribution in [3.8, 4) is 0 Å². The van der Waals surface area contributed by atoms with Gasteiger partial charge in [-0.25, -0.2) is 0 Å². The van der Waals surface area contributed by atoms with Crippen LogP contribution in [-0.2, 0) is 13.1 Å². The summed E-state index contributed by atoms with van der Waals surface area (Å²) in [6, 6.07) is 0. The van der Waals surface area contributed by atoms with Gasteiger partial charge in [-0.1, -0.05) is 6.92 Å². The summed E-state index contributed by atoms with van der Waals surface area (Å²) in [5.74, 6) is 0. The second-order valence-electron chi connectivity index (χ2n) is 2.94. The Morgan fingerprint density at radius 1 is 1.50 bits per heavy atom. The van der Waals surface area contributed by atoms with Crippen LogP contribution in [0.25, 0.3) is 0 Å². The van der Waals surface area contributed by atoms with Gasteiger partial charge in [-0.3, -0.25) is 4.68 Å². The Bertz CT molecular complexity index is 280. The Kier molecular flexibility index (Phi) is 3.51. The van der Waals surface area contributed by atoms with E-state index >= 15 is 0 Å². The lowest BCUT2D eigenvalue weighted by molar-refractivity contribution is -0.142. The Hall–Kier alpha value is -1.04. The Morgan fingerprint density at radius 2 is 2.21 bits per heavy atom. The van der Waals surface area contributed by atoms with Gasteiger partial charge in [0.25, 0.3) is 0 Å². The van der Waals surface area contributed by atoms with E-state index in [4.69, 9.17) is 0 Å². The third-order valence-electron chi connectivity index (χ3n) is 1.61. The molecule has 0 spiro atoms. The maximum Gasteiger partial charge on any atom is 0.408 e. The van der Waals surface area contributed by atoms with Crippen molar-refractivity contribution in [1.82, 2.24) is 15.1 Å². The molecular weight excluding hydrogens is 195 g/mol. The fourth-order valence-electron chi connectivity index (χ4n) is 1.04. The predicted octanol–water partition coefficient (Wildman–Crippen LogP) is 1.55. The van der Waals surface area contributed by atoms with Gasteiger partial charge in [-0.05, 0) is 6.54 Å². The number of alkyl halides is 3. The summed E-state index contributed by atoms with van der Waals surface area (Å²) in [6.07, 6.45) is -1.37. The molecule has 0 unspecified atom stereocenters. The first-order chi connectivity index (χ1) is 6.51. The molecule has 0 aliphatic rings. The van der Waals surface area contributed by atoms with Crippen molar-refractivity contribution in [3.63, 3.8) is 0 Å². The van der Waals surface area contributed by atoms with Crippen LogP contribution in [0.5, 0.6) is 0 Å². The van der Waals surface area contributed by atoms with Crippen LogP contribution >= 0.6 is 0 Å². The number of nitrogens with zero attached hydrogens (tertiary/aromatic N) is 2. The number of nitrogens with one attached hydrogen (secondary N) is 1. The van der Waals surface area contributed by atoms with Gasteiger partial charge in [-0.2, -0.15) is 18.3 Å². The van der Waals surface area contributed by atoms with Crippen molar-refractivity contribution in [2.24, 2.45) is 0 Å². The average molecular weight is 207 g/mol. The maximum atomic E-state index is 11.9. The minimum absolute atomic E-state index is 0.550. The van der Waals surface area contributed by atoms with E-state index in [2.05, 4.69) is 10.4 Å². The lowest BCUT2D eigenvalue weighted by atomic mass is 10.3. The highest BCUT2D eigenvalue weighted by Gasteiger charge is 2.28. The molecule has 0 aliphatic heterocycles. The van der Waals surface area contributed by atoms with Crippen LogP contribution in [0, 0.1) is 0 Å². The highest BCUT2D eigenvalue weighted by atomic mass is 19.4. The van der Waals surface area contributed by atoms with Crippen molar-refractivity contribution in [1.29, 1.82) is 0 Å². The van der Waals surface area contributed by atoms with Gasteiger partial charge in [-0.15, -0.1) is 0 Å². The Morgan fingerprint density at radius 3 is 2.79 bits per heavy atom. The fraction of sp³-hybridized carbons (Fsp3) is 0.625. The van der Waals surface area contributed by atoms with Gasteiger partial charge in [0, 0.05) is 18.3 Å². The van der Waals surface area contributed by atoms with Crippen LogP contribution in [0.2, 0.25) is 0 Å². The van der Waals surface area contributed by atoms with E-state index in [1.54, 1.807) is 0 Å². The van der Waals surface area contributed by atoms with Crippen molar-refractivity contribution in [2.45, 2.75) is 26.2 Å². The van der Waals surface area contributed by atoms with Crippen LogP contribution in [0.1, 0.15) is 12.5 Å². The second-order valence-corrected chi connectivity index (χ2v) is 2.94. The van der Waals surface area contributed by atoms with Gasteiger partial charge in [0.1, 0.15) is 6.54 Å². The van der Waals surface area contributed by atoms with Gasteiger partial charge in [0.15, 0.2) is 0 Å². The first-order valence-corrected chi connectivity index (χ1v) is 4.30. The number of hydrogen-bond acceptors (Lipinski definition) is 2. The van der Waals surface area contributed by atoms with E-state index in [-0.39, 0.29) is 0 Å². The van der Waals surface area contributed by atoms with Crippen LogP contribution in [0.3, 0.4) is 0 Å². The van der Waals surface area contributed by atoms with E-state index in [1.165, 1.54) is 12.4 Å². The highest BCUT2D eigenvalue weighted by molar-refractivity contribution is 5.03. The fourth-order valence-corrected chi connectivity index (χ4v) is 1.04. The standard InChI is InChI=1S/C8H12F3N3/c1-2-12-3-7-4-13-14(5-7)6-8(9,10)11/h4-5,12H,2-3,6H2,1H3. The summed E-state index contributed by atoms with van der Waals surface area (Å²) in [7, 11) is 0. The molecule has 1 rings (SSSR count). The van der Waals surface area contributed by atoms with E-state index in [0.717, 1.165) is 16.8 Å². The summed E-state index contributed by atoms with van der Waals surface area (Å²) in [5, 5.41) is 6.62. The highest BCUT2D eigenvalue weighted by Crippen LogP contribution is 2.16. The molecule has 0 saturated heterocycles. The molecule has 0 fully saturated rings. The topological polar surface area (TPSA) is 29.9 Å². The zero-order chi connectivity index (χ0) is 10.6. The first kappa shape index (κ1) is 11.0. The summed E-state index contributed by atoms with van der Waals surface area (Å²) in [6.45, 7) is 2.23. The molecule has 6 heteroatoms. The minimum atomic E-state index is -4.21. The lowest BCUT2D eigenvalue weighted by Crippen LogP contribution is -2.18. The average Bonchev–Trinajstić information content (AvgIpc) is 2.46. The SMILES string of the molecule is CCNCc1cnn(CC(F)(F)F)c1. The molecule has 80 valence electrons. The van der Waals surface area contributed by atoms with E-state index < -0.39 is 12.7 Å². The molecule has 3 nitrogen and oxygen atoms in total. The van der Waals surface area contributed by atoms with Gasteiger partial charge in [0.05, 0.1) is 6.20 Å². The molecule has 1 N–H and O–H groups in total. The van der Waals surface area contributed by atoms with E-state index in [1.807, 2.05) is 6.92 Å². The molecule has 0 radical (unpaired) electrons. The summed E-state index contributed by atoms with van der Waals surface area (Å²) in [5.41, 5.74) is 0.760. The molecule has 1 aromatic rings. The first-order valence-electron chi connectivity index (χ1n) is 4.30. The molecule has 0 amide bonds. The number of aromatic nitrogens is 2. The molecule has 14 heavy (non-hydrogen) atoms. The predicted molar refractivity (Wildman–Crippen MR) is 45.7 cm³/mol. The second kappa shape index (κ2) is 4.45. The Balaban J connectivity index is 2.51. The minimum Gasteiger partial charge on any atom is -0.313 e. The van der Waals surface area contributed by atoms with Crippen LogP contribution < -0.4 is 5.32 Å². The Labute approximate surface area is 79.9 Å². The van der Waals surface area contributed by atoms with Gasteiger partial charge < -0.3 is 5.32 Å². The third-order valence-corrected chi connectivity index (χ3v) is 1.61. The van der Waals surface area contributed by atoms with Crippen molar-refractivity contribution >= 4 is 0 Å². The largest absolute Gasteiger partial charge is 0.408 e. The molecule has 0 atom stereocenters. The van der Waals surface area contributed by atoms with E-state index in [9.17, 15) is 13.2 Å². The number of hydrogen-bond donors (Lipinski definition) is 1. The van der Waals surface area contributed by atoms with Crippen LogP contribution in [-0.4, -0.2) is 22.5 Å². The number of halogens is 3. The summed E-state index contributed by atoms with van der Waals surface area (Å²) < 4.78 is 36.7. The summed E-state index contributed by atoms with van der Waals surface area (Å²) in [4.78, 5) is 0. The number of rotatable bonds is 4. The zero-order valence-electron chi connectivity index (χ0n) is 7.80. The quantitative estimate of drug-likeness (QED) is 0.811. The van der Waals surface area contributed by atoms with Crippen molar-refractivity contribution in [2.75, 3.05) is 6.54 Å². The lowest BCUT2D eigenvalue weighted by Gasteiger charge is -2.05.